The first-order valence-electron chi connectivity index (χ1n) is 10.9. The van der Waals surface area contributed by atoms with E-state index in [9.17, 15) is 0 Å². The Bertz CT molecular complexity index is 511. The average Bonchev–Trinajstić information content (AvgIpc) is 2.56. The van der Waals surface area contributed by atoms with Crippen molar-refractivity contribution in [2.24, 2.45) is 9.98 Å². The van der Waals surface area contributed by atoms with Crippen molar-refractivity contribution in [2.45, 2.75) is 111 Å². The summed E-state index contributed by atoms with van der Waals surface area (Å²) in [5.41, 5.74) is 0.259. The van der Waals surface area contributed by atoms with E-state index in [0.29, 0.717) is 11.9 Å². The van der Waals surface area contributed by atoms with E-state index >= 15 is 0 Å². The molecule has 28 heavy (non-hydrogen) atoms. The number of hydrogen-bond acceptors (Lipinski definition) is 3. The minimum Gasteiger partial charge on any atom is -0.374 e. The van der Waals surface area contributed by atoms with Crippen molar-refractivity contribution in [1.82, 2.24) is 15.5 Å². The third-order valence-electron chi connectivity index (χ3n) is 5.09. The van der Waals surface area contributed by atoms with Crippen LogP contribution in [0.2, 0.25) is 0 Å². The van der Waals surface area contributed by atoms with Crippen LogP contribution in [0.5, 0.6) is 0 Å². The highest BCUT2D eigenvalue weighted by Gasteiger charge is 2.39. The van der Waals surface area contributed by atoms with E-state index < -0.39 is 0 Å². The highest BCUT2D eigenvalue weighted by molar-refractivity contribution is 5.95. The van der Waals surface area contributed by atoms with Crippen LogP contribution >= 0.6 is 0 Å². The van der Waals surface area contributed by atoms with Crippen molar-refractivity contribution in [3.8, 4) is 0 Å². The van der Waals surface area contributed by atoms with Crippen molar-refractivity contribution >= 4 is 11.7 Å². The van der Waals surface area contributed by atoms with E-state index in [1.54, 1.807) is 7.05 Å². The molecule has 1 saturated heterocycles. The molecule has 0 aliphatic carbocycles. The van der Waals surface area contributed by atoms with Gasteiger partial charge in [0.15, 0.2) is 0 Å². The third-order valence-corrected chi connectivity index (χ3v) is 5.09. The van der Waals surface area contributed by atoms with Crippen LogP contribution in [0, 0.1) is 0 Å². The summed E-state index contributed by atoms with van der Waals surface area (Å²) in [5, 5.41) is 6.63. The summed E-state index contributed by atoms with van der Waals surface area (Å²) in [6, 6.07) is 0.468. The molecule has 0 amide bonds. The van der Waals surface area contributed by atoms with Gasteiger partial charge in [0.2, 0.25) is 0 Å². The zero-order valence-corrected chi connectivity index (χ0v) is 20.4. The lowest BCUT2D eigenvalue weighted by Crippen LogP contribution is -2.62. The quantitative estimate of drug-likeness (QED) is 0.364. The van der Waals surface area contributed by atoms with Gasteiger partial charge in [0.25, 0.3) is 0 Å². The van der Waals surface area contributed by atoms with Crippen LogP contribution in [0.1, 0.15) is 93.9 Å². The van der Waals surface area contributed by atoms with Crippen LogP contribution in [-0.4, -0.2) is 47.8 Å². The van der Waals surface area contributed by atoms with Crippen molar-refractivity contribution in [3.63, 3.8) is 0 Å². The summed E-state index contributed by atoms with van der Waals surface area (Å²) in [6.07, 6.45) is 7.73. The Morgan fingerprint density at radius 2 is 1.50 bits per heavy atom. The maximum atomic E-state index is 4.61. The van der Waals surface area contributed by atoms with Gasteiger partial charge in [0.1, 0.15) is 17.5 Å². The Hall–Kier alpha value is -1.36. The minimum atomic E-state index is 0.129. The molecule has 0 aromatic rings. The zero-order valence-electron chi connectivity index (χ0n) is 20.4. The van der Waals surface area contributed by atoms with E-state index in [1.807, 2.05) is 13.8 Å². The number of unbranched alkanes of at least 4 members (excludes halogenated alkanes) is 3. The van der Waals surface area contributed by atoms with E-state index in [1.165, 1.54) is 25.7 Å². The van der Waals surface area contributed by atoms with Gasteiger partial charge in [-0.15, -0.1) is 0 Å². The number of amidine groups is 2. The van der Waals surface area contributed by atoms with Crippen LogP contribution in [-0.2, 0) is 0 Å². The lowest BCUT2D eigenvalue weighted by molar-refractivity contribution is 0.113. The predicted molar refractivity (Wildman–Crippen MR) is 126 cm³/mol. The van der Waals surface area contributed by atoms with Crippen LogP contribution in [0.15, 0.2) is 22.4 Å². The molecule has 0 aromatic heterocycles. The van der Waals surface area contributed by atoms with Crippen LogP contribution < -0.4 is 10.6 Å². The Morgan fingerprint density at radius 3 is 1.89 bits per heavy atom. The summed E-state index contributed by atoms with van der Waals surface area (Å²) in [7, 11) is 3.93. The molecular weight excluding hydrogens is 346 g/mol. The number of nitrogens with zero attached hydrogens (tertiary/aromatic N) is 3. The molecular formula is C23H47N5. The normalized spacial score (nSPS) is 19.5. The maximum Gasteiger partial charge on any atom is 0.129 e. The molecule has 0 radical (unpaired) electrons. The summed E-state index contributed by atoms with van der Waals surface area (Å²) in [4.78, 5) is 11.2. The molecule has 0 unspecified atom stereocenters. The Labute approximate surface area is 175 Å². The molecule has 164 valence electrons. The first kappa shape index (κ1) is 26.6. The fourth-order valence-corrected chi connectivity index (χ4v) is 3.90. The molecule has 5 heteroatoms. The Kier molecular flexibility index (Phi) is 11.7. The highest BCUT2D eigenvalue weighted by atomic mass is 15.2. The average molecular weight is 394 g/mol. The number of rotatable bonds is 6. The van der Waals surface area contributed by atoms with Gasteiger partial charge in [-0.25, -0.2) is 9.98 Å². The molecule has 0 bridgehead atoms. The Morgan fingerprint density at radius 1 is 1.04 bits per heavy atom. The summed E-state index contributed by atoms with van der Waals surface area (Å²) in [5.74, 6) is 2.33. The largest absolute Gasteiger partial charge is 0.374 e. The van der Waals surface area contributed by atoms with Gasteiger partial charge >= 0.3 is 0 Å². The van der Waals surface area contributed by atoms with E-state index in [-0.39, 0.29) is 11.1 Å². The van der Waals surface area contributed by atoms with Gasteiger partial charge in [-0.05, 0) is 54.4 Å². The van der Waals surface area contributed by atoms with Crippen LogP contribution in [0.25, 0.3) is 0 Å². The van der Waals surface area contributed by atoms with Gasteiger partial charge in [0.05, 0.1) is 0 Å². The molecule has 2 N–H and O–H groups in total. The number of hydrogen-bond donors (Lipinski definition) is 2. The van der Waals surface area contributed by atoms with E-state index in [2.05, 4.69) is 80.7 Å². The molecule has 1 aliphatic heterocycles. The van der Waals surface area contributed by atoms with Crippen molar-refractivity contribution in [2.75, 3.05) is 14.1 Å². The molecule has 5 nitrogen and oxygen atoms in total. The highest BCUT2D eigenvalue weighted by Crippen LogP contribution is 2.31. The molecule has 0 aromatic carbocycles. The fraction of sp³-hybridized carbons (Fsp3) is 0.826. The van der Waals surface area contributed by atoms with Gasteiger partial charge in [-0.3, -0.25) is 0 Å². The topological polar surface area (TPSA) is 52.0 Å². The van der Waals surface area contributed by atoms with Gasteiger partial charge in [0, 0.05) is 31.2 Å². The second-order valence-corrected chi connectivity index (χ2v) is 9.29. The molecule has 1 fully saturated rings. The van der Waals surface area contributed by atoms with Gasteiger partial charge in [-0.1, -0.05) is 46.1 Å². The Balaban J connectivity index is 0.00000105. The molecule has 1 heterocycles. The van der Waals surface area contributed by atoms with Gasteiger partial charge < -0.3 is 15.5 Å². The van der Waals surface area contributed by atoms with Crippen molar-refractivity contribution in [3.05, 3.63) is 12.4 Å². The summed E-state index contributed by atoms with van der Waals surface area (Å²) >= 11 is 0. The first-order chi connectivity index (χ1) is 12.9. The van der Waals surface area contributed by atoms with Crippen LogP contribution in [0.3, 0.4) is 0 Å². The molecule has 1 rings (SSSR count). The minimum absolute atomic E-state index is 0.129. The van der Waals surface area contributed by atoms with E-state index in [4.69, 9.17) is 0 Å². The summed E-state index contributed by atoms with van der Waals surface area (Å²) < 4.78 is 0. The van der Waals surface area contributed by atoms with Crippen molar-refractivity contribution in [1.29, 1.82) is 0 Å². The van der Waals surface area contributed by atoms with Crippen molar-refractivity contribution < 1.29 is 0 Å². The number of nitrogens with one attached hydrogen (secondary N) is 2. The molecule has 1 aliphatic rings. The lowest BCUT2D eigenvalue weighted by Gasteiger charge is -2.49. The first-order valence-corrected chi connectivity index (χ1v) is 10.9. The van der Waals surface area contributed by atoms with Gasteiger partial charge in [-0.2, -0.15) is 0 Å². The molecule has 0 atom stereocenters. The second kappa shape index (κ2) is 12.3. The number of aliphatic imine (C=N–C) groups is 2. The van der Waals surface area contributed by atoms with Crippen LogP contribution in [0.4, 0.5) is 0 Å². The fourth-order valence-electron chi connectivity index (χ4n) is 3.90. The SMILES string of the molecule is C=C(/N=C(/C)N=C(C)N(C)C1CC(C)(C)NC(C)(C)C1)NC.CCCCCC. The lowest BCUT2D eigenvalue weighted by atomic mass is 9.79. The second-order valence-electron chi connectivity index (χ2n) is 9.29. The molecule has 0 saturated carbocycles. The smallest absolute Gasteiger partial charge is 0.129 e. The maximum absolute atomic E-state index is 4.61. The van der Waals surface area contributed by atoms with E-state index in [0.717, 1.165) is 24.5 Å². The zero-order chi connectivity index (χ0) is 22.0. The summed E-state index contributed by atoms with van der Waals surface area (Å²) in [6.45, 7) is 21.3. The third kappa shape index (κ3) is 10.8. The predicted octanol–water partition coefficient (Wildman–Crippen LogP) is 5.34. The number of piperidine rings is 1. The monoisotopic (exact) mass is 393 g/mol. The molecule has 0 spiro atoms. The standard InChI is InChI=1S/C17H33N5.C6H14/c1-12(18-8)19-13(2)20-14(3)22(9)15-10-16(4,5)21-17(6,7)11-15;1-3-5-6-4-2/h15,18,21H,1,10-11H2,2-9H3;3-6H2,1-2H3/b19-13-,20-14?;.